The van der Waals surface area contributed by atoms with Gasteiger partial charge in [0.15, 0.2) is 0 Å². The van der Waals surface area contributed by atoms with Crippen LogP contribution in [-0.4, -0.2) is 33.4 Å². The Bertz CT molecular complexity index is 923. The zero-order chi connectivity index (χ0) is 20.1. The van der Waals surface area contributed by atoms with Crippen molar-refractivity contribution in [1.29, 1.82) is 0 Å². The molecule has 150 valence electrons. The van der Waals surface area contributed by atoms with Crippen LogP contribution >= 0.6 is 11.8 Å². The topological polar surface area (TPSA) is 66.5 Å². The van der Waals surface area contributed by atoms with Gasteiger partial charge in [0.1, 0.15) is 0 Å². The molecule has 1 aliphatic carbocycles. The van der Waals surface area contributed by atoms with E-state index in [4.69, 9.17) is 0 Å². The van der Waals surface area contributed by atoms with Crippen molar-refractivity contribution in [2.24, 2.45) is 5.92 Å². The second-order valence-electron chi connectivity index (χ2n) is 7.16. The van der Waals surface area contributed by atoms with Gasteiger partial charge in [0, 0.05) is 17.6 Å². The Morgan fingerprint density at radius 2 is 1.82 bits per heavy atom. The van der Waals surface area contributed by atoms with Crippen LogP contribution in [0.3, 0.4) is 0 Å². The van der Waals surface area contributed by atoms with Crippen molar-refractivity contribution in [3.05, 3.63) is 54.1 Å². The highest BCUT2D eigenvalue weighted by molar-refractivity contribution is 7.99. The van der Waals surface area contributed by atoms with Crippen LogP contribution in [0.2, 0.25) is 0 Å². The summed E-state index contributed by atoms with van der Waals surface area (Å²) in [6.45, 7) is 0. The van der Waals surface area contributed by atoms with Crippen molar-refractivity contribution in [3.63, 3.8) is 0 Å². The fourth-order valence-corrected chi connectivity index (χ4v) is 4.31. The number of nitrogens with one attached hydrogen (secondary N) is 1. The quantitative estimate of drug-likeness (QED) is 0.477. The van der Waals surface area contributed by atoms with Gasteiger partial charge in [0.25, 0.3) is 5.91 Å². The summed E-state index contributed by atoms with van der Waals surface area (Å²) in [6, 6.07) is 14.4. The fourth-order valence-electron chi connectivity index (χ4n) is 2.92. The van der Waals surface area contributed by atoms with E-state index in [0.717, 1.165) is 22.2 Å². The molecule has 1 amide bonds. The number of carbonyl (C=O) groups is 1. The van der Waals surface area contributed by atoms with Crippen LogP contribution in [0.1, 0.15) is 36.0 Å². The molecule has 0 heterocycles. The van der Waals surface area contributed by atoms with Crippen molar-refractivity contribution in [3.8, 4) is 0 Å². The SMILES string of the molecule is CN(c1ccccc1C(=O)Nc1ccc(SCCCC2CC2)cc1)S(C)(=O)=O. The number of nitrogens with zero attached hydrogens (tertiary/aromatic N) is 1. The third-order valence-electron chi connectivity index (χ3n) is 4.82. The van der Waals surface area contributed by atoms with Crippen molar-refractivity contribution in [2.45, 2.75) is 30.6 Å². The van der Waals surface area contributed by atoms with Crippen molar-refractivity contribution in [2.75, 3.05) is 28.7 Å². The zero-order valence-electron chi connectivity index (χ0n) is 16.2. The normalized spacial score (nSPS) is 13.9. The minimum Gasteiger partial charge on any atom is -0.322 e. The molecule has 0 spiro atoms. The molecule has 28 heavy (non-hydrogen) atoms. The predicted octanol–water partition coefficient (Wildman–Crippen LogP) is 4.62. The van der Waals surface area contributed by atoms with Crippen LogP contribution in [0, 0.1) is 5.92 Å². The first-order valence-electron chi connectivity index (χ1n) is 9.42. The molecule has 1 fully saturated rings. The molecular formula is C21H26N2O3S2. The molecule has 0 saturated heterocycles. The summed E-state index contributed by atoms with van der Waals surface area (Å²) >= 11 is 1.84. The lowest BCUT2D eigenvalue weighted by Crippen LogP contribution is -2.27. The average Bonchev–Trinajstić information content (AvgIpc) is 3.49. The first-order valence-corrected chi connectivity index (χ1v) is 12.2. The number of anilines is 2. The van der Waals surface area contributed by atoms with Crippen LogP contribution in [0.25, 0.3) is 0 Å². The van der Waals surface area contributed by atoms with E-state index in [1.807, 2.05) is 36.0 Å². The number of hydrogen-bond acceptors (Lipinski definition) is 4. The summed E-state index contributed by atoms with van der Waals surface area (Å²) in [7, 11) is -2.01. The van der Waals surface area contributed by atoms with Crippen LogP contribution in [0.4, 0.5) is 11.4 Å². The molecular weight excluding hydrogens is 392 g/mol. The molecule has 0 radical (unpaired) electrons. The number of sulfonamides is 1. The lowest BCUT2D eigenvalue weighted by Gasteiger charge is -2.19. The molecule has 0 aromatic heterocycles. The van der Waals surface area contributed by atoms with Gasteiger partial charge in [0.05, 0.1) is 17.5 Å². The van der Waals surface area contributed by atoms with E-state index in [0.29, 0.717) is 16.9 Å². The summed E-state index contributed by atoms with van der Waals surface area (Å²) in [5.74, 6) is 1.76. The Morgan fingerprint density at radius 3 is 2.46 bits per heavy atom. The van der Waals surface area contributed by atoms with E-state index in [-0.39, 0.29) is 5.91 Å². The largest absolute Gasteiger partial charge is 0.322 e. The van der Waals surface area contributed by atoms with Crippen LogP contribution in [0.15, 0.2) is 53.4 Å². The van der Waals surface area contributed by atoms with E-state index in [1.54, 1.807) is 24.3 Å². The van der Waals surface area contributed by atoms with E-state index in [9.17, 15) is 13.2 Å². The molecule has 0 bridgehead atoms. The zero-order valence-corrected chi connectivity index (χ0v) is 17.9. The highest BCUT2D eigenvalue weighted by Crippen LogP contribution is 2.34. The van der Waals surface area contributed by atoms with Gasteiger partial charge in [-0.25, -0.2) is 8.42 Å². The van der Waals surface area contributed by atoms with Crippen molar-refractivity contribution in [1.82, 2.24) is 0 Å². The number of benzene rings is 2. The molecule has 2 aromatic carbocycles. The minimum absolute atomic E-state index is 0.314. The molecule has 2 aromatic rings. The summed E-state index contributed by atoms with van der Waals surface area (Å²) < 4.78 is 24.8. The van der Waals surface area contributed by atoms with E-state index >= 15 is 0 Å². The Hall–Kier alpha value is -1.99. The number of amides is 1. The first kappa shape index (κ1) is 20.7. The van der Waals surface area contributed by atoms with E-state index in [1.165, 1.54) is 37.6 Å². The molecule has 7 heteroatoms. The minimum atomic E-state index is -3.45. The lowest BCUT2D eigenvalue weighted by molar-refractivity contribution is 0.102. The van der Waals surface area contributed by atoms with Gasteiger partial charge in [-0.05, 0) is 60.9 Å². The van der Waals surface area contributed by atoms with Crippen LogP contribution in [0.5, 0.6) is 0 Å². The number of carbonyl (C=O) groups excluding carboxylic acids is 1. The fraction of sp³-hybridized carbons (Fsp3) is 0.381. The summed E-state index contributed by atoms with van der Waals surface area (Å²) in [6.07, 6.45) is 6.51. The number of thioether (sulfide) groups is 1. The number of hydrogen-bond donors (Lipinski definition) is 1. The van der Waals surface area contributed by atoms with E-state index in [2.05, 4.69) is 5.32 Å². The highest BCUT2D eigenvalue weighted by Gasteiger charge is 2.20. The van der Waals surface area contributed by atoms with Gasteiger partial charge in [-0.3, -0.25) is 9.10 Å². The summed E-state index contributed by atoms with van der Waals surface area (Å²) in [5, 5.41) is 2.85. The maximum absolute atomic E-state index is 12.7. The maximum atomic E-state index is 12.7. The molecule has 1 saturated carbocycles. The lowest BCUT2D eigenvalue weighted by atomic mass is 10.1. The molecule has 0 unspecified atom stereocenters. The molecule has 1 aliphatic rings. The summed E-state index contributed by atoms with van der Waals surface area (Å²) in [5.41, 5.74) is 1.35. The third-order valence-corrected chi connectivity index (χ3v) is 7.11. The van der Waals surface area contributed by atoms with Crippen LogP contribution in [-0.2, 0) is 10.0 Å². The Balaban J connectivity index is 1.61. The smallest absolute Gasteiger partial charge is 0.257 e. The van der Waals surface area contributed by atoms with Gasteiger partial charge < -0.3 is 5.32 Å². The second kappa shape index (κ2) is 9.01. The Morgan fingerprint density at radius 1 is 1.14 bits per heavy atom. The summed E-state index contributed by atoms with van der Waals surface area (Å²) in [4.78, 5) is 13.9. The molecule has 1 N–H and O–H groups in total. The van der Waals surface area contributed by atoms with Crippen molar-refractivity contribution >= 4 is 39.1 Å². The standard InChI is InChI=1S/C21H26N2O3S2/c1-23(28(2,25)26)20-8-4-3-7-19(20)21(24)22-17-11-13-18(14-12-17)27-15-5-6-16-9-10-16/h3-4,7-8,11-14,16H,5-6,9-10,15H2,1-2H3,(H,22,24). The third kappa shape index (κ3) is 5.75. The monoisotopic (exact) mass is 418 g/mol. The number of rotatable bonds is 9. The van der Waals surface area contributed by atoms with Gasteiger partial charge in [-0.15, -0.1) is 11.8 Å². The molecule has 3 rings (SSSR count). The molecule has 0 atom stereocenters. The molecule has 5 nitrogen and oxygen atoms in total. The second-order valence-corrected chi connectivity index (χ2v) is 10.3. The number of para-hydroxylation sites is 1. The van der Waals surface area contributed by atoms with Crippen molar-refractivity contribution < 1.29 is 13.2 Å². The maximum Gasteiger partial charge on any atom is 0.257 e. The molecule has 0 aliphatic heterocycles. The Kier molecular flexibility index (Phi) is 6.67. The average molecular weight is 419 g/mol. The first-order chi connectivity index (χ1) is 13.3. The van der Waals surface area contributed by atoms with Gasteiger partial charge in [0.2, 0.25) is 10.0 Å². The highest BCUT2D eigenvalue weighted by atomic mass is 32.2. The Labute approximate surface area is 171 Å². The van der Waals surface area contributed by atoms with Gasteiger partial charge >= 0.3 is 0 Å². The van der Waals surface area contributed by atoms with Gasteiger partial charge in [-0.2, -0.15) is 0 Å². The van der Waals surface area contributed by atoms with Gasteiger partial charge in [-0.1, -0.05) is 25.0 Å². The predicted molar refractivity (Wildman–Crippen MR) is 117 cm³/mol. The van der Waals surface area contributed by atoms with E-state index < -0.39 is 10.0 Å². The van der Waals surface area contributed by atoms with Crippen LogP contribution < -0.4 is 9.62 Å².